The van der Waals surface area contributed by atoms with Crippen molar-refractivity contribution < 1.29 is 4.79 Å². The van der Waals surface area contributed by atoms with Crippen LogP contribution in [0.2, 0.25) is 0 Å². The summed E-state index contributed by atoms with van der Waals surface area (Å²) < 4.78 is 0. The summed E-state index contributed by atoms with van der Waals surface area (Å²) in [7, 11) is 0. The lowest BCUT2D eigenvalue weighted by molar-refractivity contribution is -0.142. The van der Waals surface area contributed by atoms with Gasteiger partial charge >= 0.3 is 0 Å². The van der Waals surface area contributed by atoms with Gasteiger partial charge < -0.3 is 4.90 Å². The molecular formula is C14H23N3O. The highest BCUT2D eigenvalue weighted by molar-refractivity contribution is 5.83. The van der Waals surface area contributed by atoms with E-state index in [-0.39, 0.29) is 23.9 Å². The summed E-state index contributed by atoms with van der Waals surface area (Å²) in [5.41, 5.74) is -0.0904. The molecule has 2 fully saturated rings. The summed E-state index contributed by atoms with van der Waals surface area (Å²) >= 11 is 0. The van der Waals surface area contributed by atoms with E-state index in [2.05, 4.69) is 25.2 Å². The molecule has 0 spiro atoms. The fraction of sp³-hybridized carbons (Fsp3) is 0.857. The number of hydrogen-bond donors (Lipinski definition) is 1. The first kappa shape index (κ1) is 13.4. The lowest BCUT2D eigenvalue weighted by Crippen LogP contribution is -2.66. The second-order valence-corrected chi connectivity index (χ2v) is 6.20. The molecule has 4 heteroatoms. The Kier molecular flexibility index (Phi) is 3.91. The molecule has 0 bridgehead atoms. The van der Waals surface area contributed by atoms with E-state index in [1.54, 1.807) is 0 Å². The number of nitriles is 1. The first-order chi connectivity index (χ1) is 8.53. The fourth-order valence-corrected chi connectivity index (χ4v) is 3.21. The van der Waals surface area contributed by atoms with E-state index in [1.165, 1.54) is 19.3 Å². The minimum atomic E-state index is -0.319. The molecule has 2 aliphatic rings. The molecule has 1 N–H and O–H groups in total. The molecule has 1 saturated carbocycles. The highest BCUT2D eigenvalue weighted by Crippen LogP contribution is 2.27. The zero-order chi connectivity index (χ0) is 13.2. The maximum absolute atomic E-state index is 12.4. The quantitative estimate of drug-likeness (QED) is 0.812. The summed E-state index contributed by atoms with van der Waals surface area (Å²) in [6.07, 6.45) is 6.27. The van der Waals surface area contributed by atoms with Gasteiger partial charge in [0.2, 0.25) is 5.91 Å². The molecule has 1 aliphatic heterocycles. The number of rotatable bonds is 2. The van der Waals surface area contributed by atoms with Crippen molar-refractivity contribution in [3.8, 4) is 6.07 Å². The van der Waals surface area contributed by atoms with Crippen LogP contribution in [0.1, 0.15) is 52.4 Å². The molecule has 2 rings (SSSR count). The van der Waals surface area contributed by atoms with Crippen LogP contribution in [0.5, 0.6) is 0 Å². The molecule has 18 heavy (non-hydrogen) atoms. The third-order valence-electron chi connectivity index (χ3n) is 4.02. The zero-order valence-electron chi connectivity index (χ0n) is 11.4. The van der Waals surface area contributed by atoms with E-state index in [1.807, 2.05) is 4.90 Å². The Balaban J connectivity index is 2.12. The SMILES string of the molecule is CC1(C)CN(C2CCCCC2)C(=O)C(CC#N)N1. The minimum absolute atomic E-state index is 0.0904. The maximum Gasteiger partial charge on any atom is 0.241 e. The Morgan fingerprint density at radius 2 is 2.06 bits per heavy atom. The maximum atomic E-state index is 12.4. The molecule has 0 radical (unpaired) electrons. The first-order valence-electron chi connectivity index (χ1n) is 6.98. The lowest BCUT2D eigenvalue weighted by Gasteiger charge is -2.47. The van der Waals surface area contributed by atoms with Crippen molar-refractivity contribution in [3.63, 3.8) is 0 Å². The predicted molar refractivity (Wildman–Crippen MR) is 69.8 cm³/mol. The molecule has 1 amide bonds. The summed E-state index contributed by atoms with van der Waals surface area (Å²) in [5.74, 6) is 0.128. The van der Waals surface area contributed by atoms with Crippen LogP contribution in [0, 0.1) is 11.3 Å². The number of carbonyl (C=O) groups excluding carboxylic acids is 1. The van der Waals surface area contributed by atoms with Gasteiger partial charge in [-0.1, -0.05) is 19.3 Å². The lowest BCUT2D eigenvalue weighted by atomic mass is 9.89. The van der Waals surface area contributed by atoms with Crippen molar-refractivity contribution in [1.82, 2.24) is 10.2 Å². The van der Waals surface area contributed by atoms with Gasteiger partial charge in [0, 0.05) is 18.1 Å². The van der Waals surface area contributed by atoms with E-state index in [0.29, 0.717) is 6.04 Å². The molecule has 1 heterocycles. The average molecular weight is 249 g/mol. The Morgan fingerprint density at radius 3 is 2.67 bits per heavy atom. The van der Waals surface area contributed by atoms with Gasteiger partial charge in [-0.25, -0.2) is 0 Å². The normalized spacial score (nSPS) is 29.1. The number of amides is 1. The van der Waals surface area contributed by atoms with Crippen molar-refractivity contribution in [1.29, 1.82) is 5.26 Å². The molecule has 1 atom stereocenters. The van der Waals surface area contributed by atoms with Crippen molar-refractivity contribution in [2.45, 2.75) is 70.0 Å². The zero-order valence-corrected chi connectivity index (χ0v) is 11.4. The van der Waals surface area contributed by atoms with Crippen molar-refractivity contribution in [2.24, 2.45) is 0 Å². The van der Waals surface area contributed by atoms with Gasteiger partial charge in [0.15, 0.2) is 0 Å². The fourth-order valence-electron chi connectivity index (χ4n) is 3.21. The summed E-state index contributed by atoms with van der Waals surface area (Å²) in [6, 6.07) is 2.20. The number of carbonyl (C=O) groups is 1. The number of piperazine rings is 1. The van der Waals surface area contributed by atoms with E-state index in [4.69, 9.17) is 5.26 Å². The van der Waals surface area contributed by atoms with Gasteiger partial charge in [-0.3, -0.25) is 10.1 Å². The predicted octanol–water partition coefficient (Wildman–Crippen LogP) is 1.81. The van der Waals surface area contributed by atoms with Gasteiger partial charge in [0.25, 0.3) is 0 Å². The van der Waals surface area contributed by atoms with Crippen LogP contribution >= 0.6 is 0 Å². The van der Waals surface area contributed by atoms with E-state index >= 15 is 0 Å². The third kappa shape index (κ3) is 2.84. The van der Waals surface area contributed by atoms with Crippen molar-refractivity contribution >= 4 is 5.91 Å². The first-order valence-corrected chi connectivity index (χ1v) is 6.98. The van der Waals surface area contributed by atoms with Crippen LogP contribution in [-0.2, 0) is 4.79 Å². The summed E-state index contributed by atoms with van der Waals surface area (Å²) in [4.78, 5) is 14.5. The Bertz CT molecular complexity index is 353. The molecule has 0 aromatic carbocycles. The Labute approximate surface area is 109 Å². The van der Waals surface area contributed by atoms with Crippen molar-refractivity contribution in [3.05, 3.63) is 0 Å². The molecule has 0 aromatic heterocycles. The van der Waals surface area contributed by atoms with E-state index < -0.39 is 0 Å². The number of nitrogens with zero attached hydrogens (tertiary/aromatic N) is 2. The number of nitrogens with one attached hydrogen (secondary N) is 1. The van der Waals surface area contributed by atoms with Gasteiger partial charge in [0.1, 0.15) is 6.04 Å². The van der Waals surface area contributed by atoms with E-state index in [9.17, 15) is 4.79 Å². The van der Waals surface area contributed by atoms with Gasteiger partial charge in [0.05, 0.1) is 12.5 Å². The topological polar surface area (TPSA) is 56.1 Å². The molecule has 100 valence electrons. The average Bonchev–Trinajstić information content (AvgIpc) is 2.34. The molecule has 0 aromatic rings. The Morgan fingerprint density at radius 1 is 1.39 bits per heavy atom. The van der Waals surface area contributed by atoms with Gasteiger partial charge in [-0.15, -0.1) is 0 Å². The molecule has 1 aliphatic carbocycles. The highest BCUT2D eigenvalue weighted by Gasteiger charge is 2.40. The van der Waals surface area contributed by atoms with Crippen molar-refractivity contribution in [2.75, 3.05) is 6.54 Å². The minimum Gasteiger partial charge on any atom is -0.337 e. The molecule has 1 unspecified atom stereocenters. The second kappa shape index (κ2) is 5.27. The van der Waals surface area contributed by atoms with Crippen LogP contribution in [0.25, 0.3) is 0 Å². The molecular weight excluding hydrogens is 226 g/mol. The monoisotopic (exact) mass is 249 g/mol. The highest BCUT2D eigenvalue weighted by atomic mass is 16.2. The van der Waals surface area contributed by atoms with Crippen LogP contribution in [0.15, 0.2) is 0 Å². The standard InChI is InChI=1S/C14H23N3O/c1-14(2)10-17(11-6-4-3-5-7-11)13(18)12(16-14)8-9-15/h11-12,16H,3-8,10H2,1-2H3. The van der Waals surface area contributed by atoms with E-state index in [0.717, 1.165) is 19.4 Å². The van der Waals surface area contributed by atoms with Gasteiger partial charge in [-0.2, -0.15) is 5.26 Å². The smallest absolute Gasteiger partial charge is 0.241 e. The van der Waals surface area contributed by atoms with Crippen LogP contribution in [0.4, 0.5) is 0 Å². The largest absolute Gasteiger partial charge is 0.337 e. The summed E-state index contributed by atoms with van der Waals surface area (Å²) in [6.45, 7) is 4.98. The molecule has 4 nitrogen and oxygen atoms in total. The third-order valence-corrected chi connectivity index (χ3v) is 4.02. The van der Waals surface area contributed by atoms with Crippen LogP contribution < -0.4 is 5.32 Å². The molecule has 1 saturated heterocycles. The second-order valence-electron chi connectivity index (χ2n) is 6.20. The number of hydrogen-bond acceptors (Lipinski definition) is 3. The van der Waals surface area contributed by atoms with Gasteiger partial charge in [-0.05, 0) is 26.7 Å². The Hall–Kier alpha value is -1.08. The van der Waals surface area contributed by atoms with Crippen LogP contribution in [0.3, 0.4) is 0 Å². The summed E-state index contributed by atoms with van der Waals surface area (Å²) in [5, 5.41) is 12.1. The van der Waals surface area contributed by atoms with Crippen LogP contribution in [-0.4, -0.2) is 35.0 Å².